The zero-order valence-electron chi connectivity index (χ0n) is 8.48. The second-order valence-corrected chi connectivity index (χ2v) is 3.88. The van der Waals surface area contributed by atoms with Crippen LogP contribution in [0.15, 0.2) is 30.3 Å². The van der Waals surface area contributed by atoms with E-state index in [2.05, 4.69) is 0 Å². The van der Waals surface area contributed by atoms with Gasteiger partial charge in [-0.1, -0.05) is 17.7 Å². The molecule has 88 valence electrons. The van der Waals surface area contributed by atoms with Crippen molar-refractivity contribution in [2.45, 2.75) is 0 Å². The molecular formula is C12H7ClF3N. The summed E-state index contributed by atoms with van der Waals surface area (Å²) in [5, 5.41) is 0.0225. The van der Waals surface area contributed by atoms with E-state index in [-0.39, 0.29) is 21.8 Å². The van der Waals surface area contributed by atoms with E-state index in [1.165, 1.54) is 12.1 Å². The van der Waals surface area contributed by atoms with E-state index in [1.54, 1.807) is 0 Å². The molecule has 0 aliphatic heterocycles. The van der Waals surface area contributed by atoms with Crippen molar-refractivity contribution in [3.63, 3.8) is 0 Å². The minimum atomic E-state index is -0.821. The maximum atomic E-state index is 13.5. The third-order valence-electron chi connectivity index (χ3n) is 2.33. The number of halogens is 4. The highest BCUT2D eigenvalue weighted by Gasteiger charge is 2.16. The van der Waals surface area contributed by atoms with E-state index in [0.717, 1.165) is 18.2 Å². The van der Waals surface area contributed by atoms with Crippen LogP contribution in [0.2, 0.25) is 5.02 Å². The summed E-state index contributed by atoms with van der Waals surface area (Å²) >= 11 is 5.64. The molecule has 0 radical (unpaired) electrons. The Morgan fingerprint density at radius 1 is 0.941 bits per heavy atom. The van der Waals surface area contributed by atoms with Crippen LogP contribution in [0.5, 0.6) is 0 Å². The Kier molecular flexibility index (Phi) is 2.98. The second-order valence-electron chi connectivity index (χ2n) is 3.45. The van der Waals surface area contributed by atoms with Gasteiger partial charge in [0.25, 0.3) is 0 Å². The molecule has 0 atom stereocenters. The Morgan fingerprint density at radius 3 is 2.12 bits per heavy atom. The number of nitrogen functional groups attached to an aromatic ring is 1. The van der Waals surface area contributed by atoms with E-state index in [0.29, 0.717) is 0 Å². The summed E-state index contributed by atoms with van der Waals surface area (Å²) in [5.41, 5.74) is 4.64. The van der Waals surface area contributed by atoms with Crippen LogP contribution in [0.1, 0.15) is 0 Å². The molecular weight excluding hydrogens is 251 g/mol. The summed E-state index contributed by atoms with van der Waals surface area (Å²) < 4.78 is 40.4. The summed E-state index contributed by atoms with van der Waals surface area (Å²) in [7, 11) is 0. The van der Waals surface area contributed by atoms with E-state index < -0.39 is 17.5 Å². The lowest BCUT2D eigenvalue weighted by atomic mass is 10.0. The zero-order valence-corrected chi connectivity index (χ0v) is 9.23. The Balaban J connectivity index is 2.77. The molecule has 17 heavy (non-hydrogen) atoms. The van der Waals surface area contributed by atoms with Gasteiger partial charge in [0, 0.05) is 10.6 Å². The first-order valence-electron chi connectivity index (χ1n) is 4.69. The zero-order chi connectivity index (χ0) is 12.6. The smallest absolute Gasteiger partial charge is 0.148 e. The number of rotatable bonds is 1. The van der Waals surface area contributed by atoms with Gasteiger partial charge in [0.05, 0.1) is 11.3 Å². The van der Waals surface area contributed by atoms with Gasteiger partial charge in [-0.25, -0.2) is 13.2 Å². The van der Waals surface area contributed by atoms with Gasteiger partial charge in [0.1, 0.15) is 17.5 Å². The summed E-state index contributed by atoms with van der Waals surface area (Å²) in [6.07, 6.45) is 0. The molecule has 2 N–H and O–H groups in total. The Hall–Kier alpha value is -1.68. The molecule has 0 aliphatic carbocycles. The molecule has 0 aliphatic rings. The summed E-state index contributed by atoms with van der Waals surface area (Å²) in [5.74, 6) is -2.45. The molecule has 0 unspecified atom stereocenters. The largest absolute Gasteiger partial charge is 0.396 e. The molecule has 0 heterocycles. The third kappa shape index (κ3) is 2.08. The van der Waals surface area contributed by atoms with Crippen molar-refractivity contribution in [3.05, 3.63) is 52.8 Å². The van der Waals surface area contributed by atoms with Crippen molar-refractivity contribution in [3.8, 4) is 11.1 Å². The number of benzene rings is 2. The highest BCUT2D eigenvalue weighted by atomic mass is 35.5. The lowest BCUT2D eigenvalue weighted by Crippen LogP contribution is -1.98. The second kappa shape index (κ2) is 4.30. The quantitative estimate of drug-likeness (QED) is 0.768. The fourth-order valence-electron chi connectivity index (χ4n) is 1.55. The molecule has 2 rings (SSSR count). The van der Waals surface area contributed by atoms with Crippen LogP contribution in [0.4, 0.5) is 18.9 Å². The fourth-order valence-corrected chi connectivity index (χ4v) is 1.75. The van der Waals surface area contributed by atoms with Crippen molar-refractivity contribution in [1.29, 1.82) is 0 Å². The highest BCUT2D eigenvalue weighted by Crippen LogP contribution is 2.34. The van der Waals surface area contributed by atoms with Crippen molar-refractivity contribution < 1.29 is 13.2 Å². The molecule has 0 spiro atoms. The molecule has 0 amide bonds. The fraction of sp³-hybridized carbons (Fsp3) is 0. The van der Waals surface area contributed by atoms with Crippen molar-refractivity contribution in [2.75, 3.05) is 5.73 Å². The molecule has 0 aromatic heterocycles. The van der Waals surface area contributed by atoms with Gasteiger partial charge in [0.15, 0.2) is 0 Å². The third-order valence-corrected chi connectivity index (χ3v) is 2.54. The van der Waals surface area contributed by atoms with Crippen LogP contribution < -0.4 is 5.73 Å². The van der Waals surface area contributed by atoms with Crippen LogP contribution in [-0.4, -0.2) is 0 Å². The maximum Gasteiger partial charge on any atom is 0.148 e. The minimum absolute atomic E-state index is 0.0225. The predicted octanol–water partition coefficient (Wildman–Crippen LogP) is 4.01. The molecule has 0 saturated carbocycles. The normalized spacial score (nSPS) is 10.6. The van der Waals surface area contributed by atoms with E-state index in [1.807, 2.05) is 0 Å². The van der Waals surface area contributed by atoms with Crippen LogP contribution in [0.3, 0.4) is 0 Å². The Bertz CT molecular complexity index is 564. The summed E-state index contributed by atoms with van der Waals surface area (Å²) in [6.45, 7) is 0. The molecule has 0 bridgehead atoms. The van der Waals surface area contributed by atoms with Gasteiger partial charge in [-0.2, -0.15) is 0 Å². The summed E-state index contributed by atoms with van der Waals surface area (Å²) in [4.78, 5) is 0. The Labute approximate surface area is 101 Å². The lowest BCUT2D eigenvalue weighted by molar-refractivity contribution is 0.589. The number of hydrogen-bond acceptors (Lipinski definition) is 1. The van der Waals surface area contributed by atoms with Gasteiger partial charge in [-0.3, -0.25) is 0 Å². The van der Waals surface area contributed by atoms with Crippen LogP contribution in [0, 0.1) is 17.5 Å². The number of anilines is 1. The molecule has 0 fully saturated rings. The Morgan fingerprint density at radius 2 is 1.53 bits per heavy atom. The molecule has 2 aromatic carbocycles. The topological polar surface area (TPSA) is 26.0 Å². The van der Waals surface area contributed by atoms with E-state index in [9.17, 15) is 13.2 Å². The standard InChI is InChI=1S/C12H7ClF3N/c13-6-4-7(12(17)10(16)5-6)11-8(14)2-1-3-9(11)15/h1-5H,17H2. The first-order chi connectivity index (χ1) is 8.00. The maximum absolute atomic E-state index is 13.5. The first kappa shape index (κ1) is 11.8. The van der Waals surface area contributed by atoms with Gasteiger partial charge < -0.3 is 5.73 Å². The molecule has 1 nitrogen and oxygen atoms in total. The van der Waals surface area contributed by atoms with Gasteiger partial charge in [-0.15, -0.1) is 0 Å². The predicted molar refractivity (Wildman–Crippen MR) is 61.2 cm³/mol. The van der Waals surface area contributed by atoms with Gasteiger partial charge in [0.2, 0.25) is 0 Å². The average Bonchev–Trinajstić information content (AvgIpc) is 2.24. The van der Waals surface area contributed by atoms with E-state index >= 15 is 0 Å². The molecule has 0 saturated heterocycles. The van der Waals surface area contributed by atoms with Gasteiger partial charge in [-0.05, 0) is 24.3 Å². The van der Waals surface area contributed by atoms with Crippen LogP contribution in [0.25, 0.3) is 11.1 Å². The molecule has 2 aromatic rings. The number of nitrogens with two attached hydrogens (primary N) is 1. The van der Waals surface area contributed by atoms with Crippen LogP contribution in [-0.2, 0) is 0 Å². The molecule has 5 heteroatoms. The van der Waals surface area contributed by atoms with E-state index in [4.69, 9.17) is 17.3 Å². The van der Waals surface area contributed by atoms with Gasteiger partial charge >= 0.3 is 0 Å². The lowest BCUT2D eigenvalue weighted by Gasteiger charge is -2.09. The van der Waals surface area contributed by atoms with Crippen molar-refractivity contribution in [2.24, 2.45) is 0 Å². The van der Waals surface area contributed by atoms with Crippen molar-refractivity contribution in [1.82, 2.24) is 0 Å². The van der Waals surface area contributed by atoms with Crippen molar-refractivity contribution >= 4 is 17.3 Å². The number of hydrogen-bond donors (Lipinski definition) is 1. The van der Waals surface area contributed by atoms with Crippen LogP contribution >= 0.6 is 11.6 Å². The minimum Gasteiger partial charge on any atom is -0.396 e. The average molecular weight is 258 g/mol. The first-order valence-corrected chi connectivity index (χ1v) is 5.07. The highest BCUT2D eigenvalue weighted by molar-refractivity contribution is 6.31. The summed E-state index contributed by atoms with van der Waals surface area (Å²) in [6, 6.07) is 5.55. The monoisotopic (exact) mass is 257 g/mol. The SMILES string of the molecule is Nc1c(F)cc(Cl)cc1-c1c(F)cccc1F.